The molecule has 4 nitrogen and oxygen atoms in total. The Labute approximate surface area is 114 Å². The molecule has 2 N–H and O–H groups in total. The van der Waals surface area contributed by atoms with Crippen molar-refractivity contribution in [1.82, 2.24) is 5.32 Å². The minimum atomic E-state index is -1.47. The van der Waals surface area contributed by atoms with Crippen molar-refractivity contribution < 1.29 is 19.1 Å². The first-order chi connectivity index (χ1) is 9.13. The predicted octanol–water partition coefficient (Wildman–Crippen LogP) is 1.56. The summed E-state index contributed by atoms with van der Waals surface area (Å²) in [6, 6.07) is 6.10. The Balaban J connectivity index is 2.15. The maximum Gasteiger partial charge on any atom is 0.328 e. The molecule has 1 aromatic rings. The molecule has 1 aromatic carbocycles. The summed E-state index contributed by atoms with van der Waals surface area (Å²) in [6.07, 6.45) is 0.885. The molecule has 1 aliphatic rings. The Hall–Kier alpha value is -1.56. The molecule has 0 bridgehead atoms. The summed E-state index contributed by atoms with van der Waals surface area (Å²) in [5.74, 6) is -1.00. The first kappa shape index (κ1) is 13.9. The van der Waals surface area contributed by atoms with Gasteiger partial charge in [0.1, 0.15) is 11.9 Å². The highest BCUT2D eigenvalue weighted by molar-refractivity contribution is 8.00. The third-order valence-electron chi connectivity index (χ3n) is 3.00. The molecule has 102 valence electrons. The fourth-order valence-corrected chi connectivity index (χ4v) is 3.23. The van der Waals surface area contributed by atoms with E-state index in [2.05, 4.69) is 5.32 Å². The van der Waals surface area contributed by atoms with Crippen molar-refractivity contribution in [2.24, 2.45) is 0 Å². The number of carboxylic acids is 1. The van der Waals surface area contributed by atoms with E-state index < -0.39 is 29.8 Å². The molecule has 1 aliphatic heterocycles. The van der Waals surface area contributed by atoms with Gasteiger partial charge in [0.15, 0.2) is 6.04 Å². The molecule has 0 fully saturated rings. The number of carbonyl (C=O) groups excluding carboxylic acids is 1. The quantitative estimate of drug-likeness (QED) is 0.880. The third kappa shape index (κ3) is 3.07. The second-order valence-electron chi connectivity index (χ2n) is 4.25. The highest BCUT2D eigenvalue weighted by atomic mass is 32.2. The normalized spacial score (nSPS) is 19.3. The molecule has 2 rings (SSSR count). The van der Waals surface area contributed by atoms with E-state index >= 15 is 0 Å². The monoisotopic (exact) mass is 283 g/mol. The number of hydrogen-bond acceptors (Lipinski definition) is 3. The first-order valence-corrected chi connectivity index (χ1v) is 6.97. The maximum absolute atomic E-state index is 12.5. The number of aliphatic carboxylic acids is 1. The number of hydrogen-bond donors (Lipinski definition) is 2. The zero-order valence-corrected chi connectivity index (χ0v) is 11.0. The molecule has 19 heavy (non-hydrogen) atoms. The van der Waals surface area contributed by atoms with Crippen molar-refractivity contribution in [3.63, 3.8) is 0 Å². The van der Waals surface area contributed by atoms with Crippen LogP contribution in [0, 0.1) is 0 Å². The fraction of sp³-hybridized carbons (Fsp3) is 0.385. The van der Waals surface area contributed by atoms with Crippen LogP contribution in [0.5, 0.6) is 0 Å². The van der Waals surface area contributed by atoms with Crippen LogP contribution in [0.15, 0.2) is 24.3 Å². The number of thioether (sulfide) groups is 1. The van der Waals surface area contributed by atoms with Crippen LogP contribution in [0.25, 0.3) is 0 Å². The molecule has 6 heteroatoms. The molecule has 0 spiro atoms. The van der Waals surface area contributed by atoms with Gasteiger partial charge in [0.2, 0.25) is 5.91 Å². The smallest absolute Gasteiger partial charge is 0.328 e. The van der Waals surface area contributed by atoms with Crippen LogP contribution >= 0.6 is 11.8 Å². The van der Waals surface area contributed by atoms with Gasteiger partial charge in [-0.05, 0) is 23.3 Å². The van der Waals surface area contributed by atoms with Crippen LogP contribution < -0.4 is 5.32 Å². The number of fused-ring (bicyclic) bond motifs is 1. The number of rotatable bonds is 4. The van der Waals surface area contributed by atoms with E-state index in [0.29, 0.717) is 0 Å². The van der Waals surface area contributed by atoms with Crippen molar-refractivity contribution in [2.45, 2.75) is 17.7 Å². The maximum atomic E-state index is 12.5. The predicted molar refractivity (Wildman–Crippen MR) is 70.9 cm³/mol. The van der Waals surface area contributed by atoms with E-state index in [1.165, 1.54) is 11.8 Å². The van der Waals surface area contributed by atoms with E-state index in [1.54, 1.807) is 0 Å². The Kier molecular flexibility index (Phi) is 4.42. The Bertz CT molecular complexity index is 495. The van der Waals surface area contributed by atoms with Gasteiger partial charge in [-0.2, -0.15) is 0 Å². The van der Waals surface area contributed by atoms with Crippen LogP contribution in [0.3, 0.4) is 0 Å². The van der Waals surface area contributed by atoms with Crippen LogP contribution in [0.2, 0.25) is 0 Å². The highest BCUT2D eigenvalue weighted by Gasteiger charge is 2.30. The van der Waals surface area contributed by atoms with Crippen LogP contribution in [-0.2, 0) is 16.0 Å². The summed E-state index contributed by atoms with van der Waals surface area (Å²) in [5.41, 5.74) is 1.98. The summed E-state index contributed by atoms with van der Waals surface area (Å²) < 4.78 is 12.5. The summed E-state index contributed by atoms with van der Waals surface area (Å²) in [6.45, 7) is -1.11. The number of aryl methyl sites for hydroxylation is 1. The molecule has 0 saturated heterocycles. The zero-order chi connectivity index (χ0) is 13.8. The average molecular weight is 283 g/mol. The van der Waals surface area contributed by atoms with Gasteiger partial charge < -0.3 is 10.4 Å². The average Bonchev–Trinajstić information content (AvgIpc) is 2.43. The van der Waals surface area contributed by atoms with E-state index in [-0.39, 0.29) is 0 Å². The number of nitrogens with one attached hydrogen (secondary N) is 1. The van der Waals surface area contributed by atoms with Crippen molar-refractivity contribution in [3.8, 4) is 0 Å². The van der Waals surface area contributed by atoms with Gasteiger partial charge in [-0.3, -0.25) is 4.79 Å². The molecule has 2 unspecified atom stereocenters. The van der Waals surface area contributed by atoms with Crippen molar-refractivity contribution in [2.75, 3.05) is 12.4 Å². The minimum Gasteiger partial charge on any atom is -0.480 e. The second kappa shape index (κ2) is 6.06. The summed E-state index contributed by atoms with van der Waals surface area (Å²) >= 11 is 1.45. The number of carbonyl (C=O) groups is 2. The molecule has 2 atom stereocenters. The summed E-state index contributed by atoms with van der Waals surface area (Å²) in [4.78, 5) is 22.8. The van der Waals surface area contributed by atoms with Gasteiger partial charge >= 0.3 is 5.97 Å². The first-order valence-electron chi connectivity index (χ1n) is 5.92. The third-order valence-corrected chi connectivity index (χ3v) is 4.24. The van der Waals surface area contributed by atoms with Gasteiger partial charge in [-0.15, -0.1) is 11.8 Å². The fourth-order valence-electron chi connectivity index (χ4n) is 2.02. The molecule has 1 amide bonds. The van der Waals surface area contributed by atoms with E-state index in [0.717, 1.165) is 23.3 Å². The number of amides is 1. The van der Waals surface area contributed by atoms with Crippen molar-refractivity contribution >= 4 is 23.6 Å². The van der Waals surface area contributed by atoms with Gasteiger partial charge in [0.05, 0.1) is 0 Å². The highest BCUT2D eigenvalue weighted by Crippen LogP contribution is 2.36. The minimum absolute atomic E-state index is 0.442. The van der Waals surface area contributed by atoms with Gasteiger partial charge in [0, 0.05) is 0 Å². The SMILES string of the molecule is O=C(O)C(CF)NC(=O)C1SCCc2ccccc21. The molecule has 0 radical (unpaired) electrons. The molecular weight excluding hydrogens is 269 g/mol. The summed E-state index contributed by atoms with van der Waals surface area (Å²) in [5, 5.41) is 10.5. The van der Waals surface area contributed by atoms with Crippen molar-refractivity contribution in [3.05, 3.63) is 35.4 Å². The lowest BCUT2D eigenvalue weighted by atomic mass is 10.0. The van der Waals surface area contributed by atoms with Crippen LogP contribution in [-0.4, -0.2) is 35.5 Å². The number of alkyl halides is 1. The summed E-state index contributed by atoms with van der Waals surface area (Å²) in [7, 11) is 0. The zero-order valence-electron chi connectivity index (χ0n) is 10.1. The molecule has 0 aliphatic carbocycles. The second-order valence-corrected chi connectivity index (χ2v) is 5.47. The lowest BCUT2D eigenvalue weighted by Crippen LogP contribution is -2.44. The van der Waals surface area contributed by atoms with Gasteiger partial charge in [-0.25, -0.2) is 9.18 Å². The molecule has 0 aromatic heterocycles. The number of halogens is 1. The number of benzene rings is 1. The molecular formula is C13H14FNO3S. The van der Waals surface area contributed by atoms with Crippen LogP contribution in [0.4, 0.5) is 4.39 Å². The molecule has 0 saturated carbocycles. The topological polar surface area (TPSA) is 66.4 Å². The Morgan fingerprint density at radius 2 is 2.21 bits per heavy atom. The van der Waals surface area contributed by atoms with Gasteiger partial charge in [0.25, 0.3) is 0 Å². The van der Waals surface area contributed by atoms with E-state index in [9.17, 15) is 14.0 Å². The standard InChI is InChI=1S/C13H14FNO3S/c14-7-10(13(17)18)15-12(16)11-9-4-2-1-3-8(9)5-6-19-11/h1-4,10-11H,5-7H2,(H,15,16)(H,17,18). The van der Waals surface area contributed by atoms with Gasteiger partial charge in [-0.1, -0.05) is 24.3 Å². The van der Waals surface area contributed by atoms with Crippen molar-refractivity contribution in [1.29, 1.82) is 0 Å². The van der Waals surface area contributed by atoms with Crippen LogP contribution in [0.1, 0.15) is 16.4 Å². The van der Waals surface area contributed by atoms with E-state index in [1.807, 2.05) is 24.3 Å². The molecule has 1 heterocycles. The Morgan fingerprint density at radius 3 is 2.89 bits per heavy atom. The lowest BCUT2D eigenvalue weighted by Gasteiger charge is -2.25. The Morgan fingerprint density at radius 1 is 1.47 bits per heavy atom. The number of carboxylic acid groups (broad SMARTS) is 1. The largest absolute Gasteiger partial charge is 0.480 e. The van der Waals surface area contributed by atoms with E-state index in [4.69, 9.17) is 5.11 Å². The lowest BCUT2D eigenvalue weighted by molar-refractivity contribution is -0.142.